The molecule has 0 spiro atoms. The van der Waals surface area contributed by atoms with Gasteiger partial charge in [-0.05, 0) is 38.3 Å². The fourth-order valence-electron chi connectivity index (χ4n) is 4.17. The molecule has 1 aromatic carbocycles. The Bertz CT molecular complexity index is 606. The highest BCUT2D eigenvalue weighted by Gasteiger charge is 2.38. The number of piperidine rings is 1. The number of aryl methyl sites for hydroxylation is 1. The van der Waals surface area contributed by atoms with Crippen molar-refractivity contribution in [3.8, 4) is 0 Å². The number of carbonyl (C=O) groups excluding carboxylic acids is 1. The third-order valence-electron chi connectivity index (χ3n) is 5.53. The molecule has 4 nitrogen and oxygen atoms in total. The van der Waals surface area contributed by atoms with Gasteiger partial charge in [-0.25, -0.2) is 0 Å². The fraction of sp³-hybridized carbons (Fsp3) is 0.650. The second kappa shape index (κ2) is 6.75. The third kappa shape index (κ3) is 3.30. The molecule has 4 heteroatoms. The predicted molar refractivity (Wildman–Crippen MR) is 97.7 cm³/mol. The average molecular weight is 330 g/mol. The Balaban J connectivity index is 1.86. The van der Waals surface area contributed by atoms with Crippen molar-refractivity contribution in [1.82, 2.24) is 4.90 Å². The largest absolute Gasteiger partial charge is 0.381 e. The number of nitrogens with zero attached hydrogens (tertiary/aromatic N) is 2. The zero-order valence-electron chi connectivity index (χ0n) is 15.5. The molecule has 0 aromatic heterocycles. The zero-order chi connectivity index (χ0) is 17.3. The van der Waals surface area contributed by atoms with E-state index in [9.17, 15) is 4.79 Å². The van der Waals surface area contributed by atoms with E-state index in [2.05, 4.69) is 43.9 Å². The minimum absolute atomic E-state index is 0.0136. The van der Waals surface area contributed by atoms with E-state index in [-0.39, 0.29) is 17.4 Å². The predicted octanol–water partition coefficient (Wildman–Crippen LogP) is 3.48. The van der Waals surface area contributed by atoms with Gasteiger partial charge in [-0.3, -0.25) is 4.79 Å². The molecule has 0 aliphatic carbocycles. The molecule has 0 N–H and O–H groups in total. The highest BCUT2D eigenvalue weighted by atomic mass is 16.5. The van der Waals surface area contributed by atoms with Gasteiger partial charge in [0.05, 0.1) is 11.7 Å². The number of anilines is 1. The number of hydrogen-bond donors (Lipinski definition) is 0. The van der Waals surface area contributed by atoms with Gasteiger partial charge in [-0.2, -0.15) is 0 Å². The molecule has 3 rings (SSSR count). The van der Waals surface area contributed by atoms with E-state index in [1.807, 2.05) is 4.90 Å². The van der Waals surface area contributed by atoms with Crippen LogP contribution in [0.25, 0.3) is 0 Å². The number of amides is 1. The van der Waals surface area contributed by atoms with Crippen LogP contribution in [0.2, 0.25) is 0 Å². The van der Waals surface area contributed by atoms with E-state index in [4.69, 9.17) is 4.74 Å². The summed E-state index contributed by atoms with van der Waals surface area (Å²) in [6, 6.07) is 6.30. The molecule has 132 valence electrons. The number of methoxy groups -OCH3 is 1. The number of rotatable bonds is 3. The molecule has 0 radical (unpaired) electrons. The second-order valence-corrected chi connectivity index (χ2v) is 7.94. The minimum Gasteiger partial charge on any atom is -0.381 e. The summed E-state index contributed by atoms with van der Waals surface area (Å²) in [5.74, 6) is 0.170. The van der Waals surface area contributed by atoms with Crippen molar-refractivity contribution < 1.29 is 9.53 Å². The van der Waals surface area contributed by atoms with Gasteiger partial charge in [-0.1, -0.05) is 25.5 Å². The van der Waals surface area contributed by atoms with Gasteiger partial charge in [0, 0.05) is 44.4 Å². The van der Waals surface area contributed by atoms with Crippen LogP contribution in [0.5, 0.6) is 0 Å². The summed E-state index contributed by atoms with van der Waals surface area (Å²) in [5.41, 5.74) is 3.10. The number of likely N-dealkylation sites (tertiary alicyclic amines) is 1. The first kappa shape index (κ1) is 17.3. The molecular formula is C20H30N2O2. The van der Waals surface area contributed by atoms with Crippen LogP contribution in [-0.2, 0) is 4.74 Å². The first-order valence-corrected chi connectivity index (χ1v) is 9.10. The lowest BCUT2D eigenvalue weighted by Gasteiger charge is -2.43. The van der Waals surface area contributed by atoms with Crippen LogP contribution in [0, 0.1) is 12.3 Å². The van der Waals surface area contributed by atoms with E-state index in [0.29, 0.717) is 0 Å². The van der Waals surface area contributed by atoms with Gasteiger partial charge in [0.2, 0.25) is 0 Å². The van der Waals surface area contributed by atoms with Crippen LogP contribution in [0.3, 0.4) is 0 Å². The van der Waals surface area contributed by atoms with Crippen LogP contribution >= 0.6 is 0 Å². The van der Waals surface area contributed by atoms with Crippen molar-refractivity contribution >= 4 is 11.6 Å². The molecule has 2 aliphatic heterocycles. The highest BCUT2D eigenvalue weighted by molar-refractivity contribution is 6.00. The number of hydrogen-bond acceptors (Lipinski definition) is 3. The van der Waals surface area contributed by atoms with E-state index >= 15 is 0 Å². The molecule has 1 amide bonds. The number of carbonyl (C=O) groups is 1. The number of ether oxygens (including phenoxy) is 1. The van der Waals surface area contributed by atoms with Gasteiger partial charge in [-0.15, -0.1) is 0 Å². The third-order valence-corrected chi connectivity index (χ3v) is 5.53. The molecule has 24 heavy (non-hydrogen) atoms. The van der Waals surface area contributed by atoms with E-state index < -0.39 is 0 Å². The molecule has 2 heterocycles. The molecule has 2 aliphatic rings. The Morgan fingerprint density at radius 3 is 2.54 bits per heavy atom. The SMILES string of the molecule is COC1CCN(C(=O)c2cc(C)ccc2N2CCCC2)CC1(C)C. The summed E-state index contributed by atoms with van der Waals surface area (Å²) in [6.45, 7) is 10.1. The quantitative estimate of drug-likeness (QED) is 0.850. The second-order valence-electron chi connectivity index (χ2n) is 7.94. The summed E-state index contributed by atoms with van der Waals surface area (Å²) in [5, 5.41) is 0. The Kier molecular flexibility index (Phi) is 4.86. The maximum atomic E-state index is 13.3. The van der Waals surface area contributed by atoms with Crippen LogP contribution in [0.4, 0.5) is 5.69 Å². The van der Waals surface area contributed by atoms with Gasteiger partial charge in [0.1, 0.15) is 0 Å². The van der Waals surface area contributed by atoms with Crippen LogP contribution in [-0.4, -0.2) is 50.2 Å². The molecule has 1 unspecified atom stereocenters. The van der Waals surface area contributed by atoms with E-state index in [1.54, 1.807) is 7.11 Å². The van der Waals surface area contributed by atoms with Gasteiger partial charge in [0.25, 0.3) is 5.91 Å². The lowest BCUT2D eigenvalue weighted by atomic mass is 9.81. The molecule has 2 fully saturated rings. The Labute approximate surface area is 145 Å². The molecule has 1 atom stereocenters. The normalized spacial score (nSPS) is 23.6. The van der Waals surface area contributed by atoms with Crippen molar-refractivity contribution in [2.75, 3.05) is 38.2 Å². The first-order chi connectivity index (χ1) is 11.4. The van der Waals surface area contributed by atoms with Crippen molar-refractivity contribution in [1.29, 1.82) is 0 Å². The van der Waals surface area contributed by atoms with Crippen molar-refractivity contribution in [3.63, 3.8) is 0 Å². The monoisotopic (exact) mass is 330 g/mol. The fourth-order valence-corrected chi connectivity index (χ4v) is 4.17. The molecule has 1 aromatic rings. The number of benzene rings is 1. The van der Waals surface area contributed by atoms with Gasteiger partial charge < -0.3 is 14.5 Å². The van der Waals surface area contributed by atoms with Crippen LogP contribution in [0.1, 0.15) is 49.0 Å². The smallest absolute Gasteiger partial charge is 0.255 e. The van der Waals surface area contributed by atoms with Crippen molar-refractivity contribution in [3.05, 3.63) is 29.3 Å². The molecular weight excluding hydrogens is 300 g/mol. The van der Waals surface area contributed by atoms with Crippen LogP contribution in [0.15, 0.2) is 18.2 Å². The van der Waals surface area contributed by atoms with Gasteiger partial charge in [0.15, 0.2) is 0 Å². The van der Waals surface area contributed by atoms with E-state index in [0.717, 1.165) is 49.4 Å². The maximum Gasteiger partial charge on any atom is 0.255 e. The topological polar surface area (TPSA) is 32.8 Å². The lowest BCUT2D eigenvalue weighted by molar-refractivity contribution is -0.0443. The standard InChI is InChI=1S/C20H30N2O2/c1-15-7-8-17(21-10-5-6-11-21)16(13-15)19(23)22-12-9-18(24-4)20(2,3)14-22/h7-8,13,18H,5-6,9-12,14H2,1-4H3. The zero-order valence-corrected chi connectivity index (χ0v) is 15.5. The molecule has 0 bridgehead atoms. The van der Waals surface area contributed by atoms with Crippen LogP contribution < -0.4 is 4.90 Å². The van der Waals surface area contributed by atoms with E-state index in [1.165, 1.54) is 12.8 Å². The Morgan fingerprint density at radius 2 is 1.92 bits per heavy atom. The molecule has 0 saturated carbocycles. The molecule has 2 saturated heterocycles. The van der Waals surface area contributed by atoms with Gasteiger partial charge >= 0.3 is 0 Å². The summed E-state index contributed by atoms with van der Waals surface area (Å²) in [7, 11) is 1.77. The highest BCUT2D eigenvalue weighted by Crippen LogP contribution is 2.33. The van der Waals surface area contributed by atoms with Crippen molar-refractivity contribution in [2.24, 2.45) is 5.41 Å². The lowest BCUT2D eigenvalue weighted by Crippen LogP contribution is -2.51. The average Bonchev–Trinajstić information content (AvgIpc) is 3.07. The Morgan fingerprint density at radius 1 is 1.21 bits per heavy atom. The summed E-state index contributed by atoms with van der Waals surface area (Å²) in [6.07, 6.45) is 3.55. The summed E-state index contributed by atoms with van der Waals surface area (Å²) in [4.78, 5) is 17.6. The first-order valence-electron chi connectivity index (χ1n) is 9.10. The Hall–Kier alpha value is -1.55. The maximum absolute atomic E-state index is 13.3. The summed E-state index contributed by atoms with van der Waals surface area (Å²) >= 11 is 0. The minimum atomic E-state index is -0.0136. The van der Waals surface area contributed by atoms with Crippen molar-refractivity contribution in [2.45, 2.75) is 46.1 Å². The summed E-state index contributed by atoms with van der Waals surface area (Å²) < 4.78 is 5.62.